The third-order valence-electron chi connectivity index (χ3n) is 2.99. The van der Waals surface area contributed by atoms with E-state index in [1.807, 2.05) is 0 Å². The van der Waals surface area contributed by atoms with Crippen molar-refractivity contribution in [2.75, 3.05) is 5.73 Å². The summed E-state index contributed by atoms with van der Waals surface area (Å²) < 4.78 is 1.63. The Morgan fingerprint density at radius 2 is 1.85 bits per heavy atom. The van der Waals surface area contributed by atoms with Crippen molar-refractivity contribution in [2.45, 2.75) is 0 Å². The highest BCUT2D eigenvalue weighted by molar-refractivity contribution is 5.95. The van der Waals surface area contributed by atoms with E-state index in [1.165, 1.54) is 12.1 Å². The number of imidazole rings is 1. The minimum absolute atomic E-state index is 0.0342. The smallest absolute Gasteiger partial charge is 0.356 e. The van der Waals surface area contributed by atoms with Crippen LogP contribution in [-0.2, 0) is 0 Å². The highest BCUT2D eigenvalue weighted by Gasteiger charge is 2.17. The zero-order chi connectivity index (χ0) is 14.3. The molecule has 0 amide bonds. The summed E-state index contributed by atoms with van der Waals surface area (Å²) in [7, 11) is 0. The molecule has 0 bridgehead atoms. The van der Waals surface area contributed by atoms with Gasteiger partial charge in [-0.05, 0) is 36.4 Å². The number of phenols is 1. The first-order valence-corrected chi connectivity index (χ1v) is 5.86. The quantitative estimate of drug-likeness (QED) is 0.660. The third kappa shape index (κ3) is 1.83. The number of nitrogen functional groups attached to an aromatic ring is 1. The Bertz CT molecular complexity index is 806. The van der Waals surface area contributed by atoms with Gasteiger partial charge >= 0.3 is 5.97 Å². The molecule has 0 saturated carbocycles. The first-order valence-electron chi connectivity index (χ1n) is 5.86. The molecule has 0 unspecified atom stereocenters. The number of nitrogens with two attached hydrogens (primary N) is 1. The minimum Gasteiger partial charge on any atom is -0.508 e. The van der Waals surface area contributed by atoms with E-state index in [2.05, 4.69) is 4.98 Å². The van der Waals surface area contributed by atoms with Crippen LogP contribution in [0.2, 0.25) is 0 Å². The Balaban J connectivity index is 2.32. The van der Waals surface area contributed by atoms with Gasteiger partial charge in [-0.15, -0.1) is 0 Å². The predicted molar refractivity (Wildman–Crippen MR) is 73.7 cm³/mol. The van der Waals surface area contributed by atoms with E-state index in [4.69, 9.17) is 5.73 Å². The Kier molecular flexibility index (Phi) is 2.57. The lowest BCUT2D eigenvalue weighted by Gasteiger charge is -2.02. The summed E-state index contributed by atoms with van der Waals surface area (Å²) in [5, 5.41) is 18.5. The number of hydrogen-bond donors (Lipinski definition) is 3. The minimum atomic E-state index is -1.10. The number of hydrogen-bond acceptors (Lipinski definition) is 4. The van der Waals surface area contributed by atoms with Gasteiger partial charge in [-0.3, -0.25) is 4.40 Å². The standard InChI is InChI=1S/C14H11N3O3/c15-9-3-6-11-12(14(19)20)16-13(17(11)7-9)8-1-4-10(18)5-2-8/h1-7,18H,15H2,(H,19,20). The lowest BCUT2D eigenvalue weighted by atomic mass is 10.2. The van der Waals surface area contributed by atoms with Crippen LogP contribution in [0, 0.1) is 0 Å². The Morgan fingerprint density at radius 1 is 1.15 bits per heavy atom. The van der Waals surface area contributed by atoms with Gasteiger partial charge in [0.25, 0.3) is 0 Å². The van der Waals surface area contributed by atoms with Crippen molar-refractivity contribution in [3.8, 4) is 17.1 Å². The number of carbonyl (C=O) groups is 1. The van der Waals surface area contributed by atoms with E-state index in [-0.39, 0.29) is 11.4 Å². The number of aromatic carboxylic acids is 1. The van der Waals surface area contributed by atoms with Crippen LogP contribution in [0.25, 0.3) is 16.9 Å². The summed E-state index contributed by atoms with van der Waals surface area (Å²) in [5.41, 5.74) is 7.37. The van der Waals surface area contributed by atoms with E-state index in [0.717, 1.165) is 0 Å². The number of carboxylic acid groups (broad SMARTS) is 1. The van der Waals surface area contributed by atoms with Gasteiger partial charge in [0, 0.05) is 17.4 Å². The van der Waals surface area contributed by atoms with Crippen molar-refractivity contribution >= 4 is 17.2 Å². The van der Waals surface area contributed by atoms with E-state index >= 15 is 0 Å². The molecule has 20 heavy (non-hydrogen) atoms. The average molecular weight is 269 g/mol. The number of rotatable bonds is 2. The largest absolute Gasteiger partial charge is 0.508 e. The molecule has 0 fully saturated rings. The summed E-state index contributed by atoms with van der Waals surface area (Å²) in [5.74, 6) is -0.505. The monoisotopic (exact) mass is 269 g/mol. The van der Waals surface area contributed by atoms with Crippen LogP contribution >= 0.6 is 0 Å². The second-order valence-electron chi connectivity index (χ2n) is 4.35. The van der Waals surface area contributed by atoms with Gasteiger partial charge in [0.1, 0.15) is 11.6 Å². The molecule has 2 aromatic heterocycles. The predicted octanol–water partition coefficient (Wildman–Crippen LogP) is 1.99. The van der Waals surface area contributed by atoms with E-state index < -0.39 is 5.97 Å². The summed E-state index contributed by atoms with van der Waals surface area (Å²) in [4.78, 5) is 15.4. The van der Waals surface area contributed by atoms with Crippen LogP contribution in [0.15, 0.2) is 42.6 Å². The van der Waals surface area contributed by atoms with Crippen LogP contribution in [-0.4, -0.2) is 25.6 Å². The maximum Gasteiger partial charge on any atom is 0.356 e. The molecule has 4 N–H and O–H groups in total. The fourth-order valence-corrected chi connectivity index (χ4v) is 2.07. The third-order valence-corrected chi connectivity index (χ3v) is 2.99. The van der Waals surface area contributed by atoms with Crippen molar-refractivity contribution in [2.24, 2.45) is 0 Å². The number of carboxylic acids is 1. The zero-order valence-electron chi connectivity index (χ0n) is 10.3. The van der Waals surface area contributed by atoms with Crippen LogP contribution < -0.4 is 5.73 Å². The molecule has 0 radical (unpaired) electrons. The van der Waals surface area contributed by atoms with Crippen LogP contribution in [0.5, 0.6) is 5.75 Å². The first-order chi connectivity index (χ1) is 9.56. The molecular weight excluding hydrogens is 258 g/mol. The summed E-state index contributed by atoms with van der Waals surface area (Å²) in [6.07, 6.45) is 1.62. The molecular formula is C14H11N3O3. The SMILES string of the molecule is Nc1ccc2c(C(=O)O)nc(-c3ccc(O)cc3)n2c1. The fraction of sp³-hybridized carbons (Fsp3) is 0. The number of nitrogens with zero attached hydrogens (tertiary/aromatic N) is 2. The van der Waals surface area contributed by atoms with Gasteiger partial charge in [-0.2, -0.15) is 0 Å². The number of phenolic OH excluding ortho intramolecular Hbond substituents is 1. The summed E-state index contributed by atoms with van der Waals surface area (Å²) >= 11 is 0. The number of pyridine rings is 1. The van der Waals surface area contributed by atoms with Crippen molar-refractivity contribution in [3.05, 3.63) is 48.3 Å². The highest BCUT2D eigenvalue weighted by Crippen LogP contribution is 2.25. The topological polar surface area (TPSA) is 101 Å². The maximum atomic E-state index is 11.3. The fourth-order valence-electron chi connectivity index (χ4n) is 2.07. The van der Waals surface area contributed by atoms with Crippen molar-refractivity contribution < 1.29 is 15.0 Å². The van der Waals surface area contributed by atoms with Crippen LogP contribution in [0.1, 0.15) is 10.5 Å². The number of anilines is 1. The normalized spacial score (nSPS) is 10.8. The second kappa shape index (κ2) is 4.27. The molecule has 0 atom stereocenters. The van der Waals surface area contributed by atoms with Crippen molar-refractivity contribution in [1.29, 1.82) is 0 Å². The molecule has 0 aliphatic carbocycles. The average Bonchev–Trinajstić information content (AvgIpc) is 2.78. The molecule has 100 valence electrons. The van der Waals surface area contributed by atoms with Gasteiger partial charge in [0.05, 0.1) is 5.52 Å². The van der Waals surface area contributed by atoms with Crippen LogP contribution in [0.3, 0.4) is 0 Å². The van der Waals surface area contributed by atoms with Crippen molar-refractivity contribution in [3.63, 3.8) is 0 Å². The Morgan fingerprint density at radius 3 is 2.50 bits per heavy atom. The molecule has 0 aliphatic heterocycles. The van der Waals surface area contributed by atoms with Gasteiger partial charge in [-0.1, -0.05) is 0 Å². The molecule has 1 aromatic carbocycles. The van der Waals surface area contributed by atoms with Gasteiger partial charge < -0.3 is 15.9 Å². The molecule has 6 heteroatoms. The molecule has 6 nitrogen and oxygen atoms in total. The molecule has 0 spiro atoms. The van der Waals surface area contributed by atoms with Gasteiger partial charge in [0.2, 0.25) is 0 Å². The second-order valence-corrected chi connectivity index (χ2v) is 4.35. The number of aromatic hydroxyl groups is 1. The van der Waals surface area contributed by atoms with E-state index in [1.54, 1.807) is 34.9 Å². The molecule has 3 rings (SSSR count). The Labute approximate surface area is 113 Å². The first kappa shape index (κ1) is 12.0. The highest BCUT2D eigenvalue weighted by atomic mass is 16.4. The van der Waals surface area contributed by atoms with E-state index in [0.29, 0.717) is 22.6 Å². The molecule has 0 saturated heterocycles. The summed E-state index contributed by atoms with van der Waals surface area (Å²) in [6, 6.07) is 9.61. The molecule has 3 aromatic rings. The number of benzene rings is 1. The zero-order valence-corrected chi connectivity index (χ0v) is 10.3. The molecule has 0 aliphatic rings. The van der Waals surface area contributed by atoms with Crippen molar-refractivity contribution in [1.82, 2.24) is 9.38 Å². The molecule has 2 heterocycles. The lowest BCUT2D eigenvalue weighted by molar-refractivity contribution is 0.0693. The van der Waals surface area contributed by atoms with Gasteiger partial charge in [0.15, 0.2) is 5.69 Å². The van der Waals surface area contributed by atoms with E-state index in [9.17, 15) is 15.0 Å². The van der Waals surface area contributed by atoms with Crippen LogP contribution in [0.4, 0.5) is 5.69 Å². The maximum absolute atomic E-state index is 11.3. The Hall–Kier alpha value is -3.02. The number of fused-ring (bicyclic) bond motifs is 1. The number of aromatic nitrogens is 2. The summed E-state index contributed by atoms with van der Waals surface area (Å²) in [6.45, 7) is 0. The van der Waals surface area contributed by atoms with Gasteiger partial charge in [-0.25, -0.2) is 9.78 Å². The lowest BCUT2D eigenvalue weighted by Crippen LogP contribution is -1.97.